The molecule has 0 fully saturated rings. The summed E-state index contributed by atoms with van der Waals surface area (Å²) in [7, 11) is 1.23. The molecule has 2 aromatic carbocycles. The van der Waals surface area contributed by atoms with Crippen LogP contribution in [0.5, 0.6) is 0 Å². The lowest BCUT2D eigenvalue weighted by atomic mass is 10.1. The van der Waals surface area contributed by atoms with Crippen LogP contribution in [0.1, 0.15) is 26.4 Å². The Kier molecular flexibility index (Phi) is 4.12. The number of amides is 2. The number of para-hydroxylation sites is 1. The molecule has 1 aliphatic heterocycles. The van der Waals surface area contributed by atoms with Gasteiger partial charge in [-0.1, -0.05) is 30.3 Å². The minimum absolute atomic E-state index is 0.0428. The van der Waals surface area contributed by atoms with Gasteiger partial charge in [-0.3, -0.25) is 14.5 Å². The van der Waals surface area contributed by atoms with E-state index >= 15 is 0 Å². The van der Waals surface area contributed by atoms with Crippen molar-refractivity contribution in [3.05, 3.63) is 71.7 Å². The molecule has 1 aliphatic rings. The van der Waals surface area contributed by atoms with Crippen LogP contribution < -0.4 is 0 Å². The first-order chi connectivity index (χ1) is 13.1. The van der Waals surface area contributed by atoms with Gasteiger partial charge in [0.1, 0.15) is 12.4 Å². The van der Waals surface area contributed by atoms with Crippen LogP contribution in [-0.4, -0.2) is 45.8 Å². The van der Waals surface area contributed by atoms with Gasteiger partial charge in [-0.15, -0.1) is 0 Å². The molecule has 0 bridgehead atoms. The number of hydrogen-bond acceptors (Lipinski definition) is 6. The molecular formula is C20H15N3O4. The number of ether oxygens (including phenoxy) is 1. The van der Waals surface area contributed by atoms with Crippen molar-refractivity contribution in [1.82, 2.24) is 14.9 Å². The maximum absolute atomic E-state index is 12.8. The van der Waals surface area contributed by atoms with Crippen LogP contribution in [-0.2, 0) is 16.0 Å². The van der Waals surface area contributed by atoms with Crippen LogP contribution in [0, 0.1) is 0 Å². The number of carbonyl (C=O) groups excluding carboxylic acids is 3. The lowest BCUT2D eigenvalue weighted by Crippen LogP contribution is -2.46. The van der Waals surface area contributed by atoms with Crippen molar-refractivity contribution in [2.75, 3.05) is 7.11 Å². The number of imide groups is 1. The van der Waals surface area contributed by atoms with Gasteiger partial charge in [0, 0.05) is 11.8 Å². The molecule has 1 atom stereocenters. The summed E-state index contributed by atoms with van der Waals surface area (Å²) >= 11 is 0. The summed E-state index contributed by atoms with van der Waals surface area (Å²) < 4.78 is 4.88. The largest absolute Gasteiger partial charge is 0.467 e. The third kappa shape index (κ3) is 2.73. The Morgan fingerprint density at radius 3 is 2.30 bits per heavy atom. The molecule has 0 unspecified atom stereocenters. The highest BCUT2D eigenvalue weighted by molar-refractivity contribution is 6.22. The number of rotatable bonds is 4. The van der Waals surface area contributed by atoms with E-state index in [-0.39, 0.29) is 17.5 Å². The predicted molar refractivity (Wildman–Crippen MR) is 96.0 cm³/mol. The second-order valence-corrected chi connectivity index (χ2v) is 6.11. The van der Waals surface area contributed by atoms with E-state index in [1.165, 1.54) is 13.4 Å². The van der Waals surface area contributed by atoms with Crippen LogP contribution in [0.15, 0.2) is 54.9 Å². The van der Waals surface area contributed by atoms with Crippen LogP contribution in [0.2, 0.25) is 0 Å². The van der Waals surface area contributed by atoms with E-state index < -0.39 is 23.8 Å². The van der Waals surface area contributed by atoms with Gasteiger partial charge < -0.3 is 4.74 Å². The second-order valence-electron chi connectivity index (χ2n) is 6.11. The van der Waals surface area contributed by atoms with E-state index in [1.807, 2.05) is 24.3 Å². The molecule has 3 aromatic rings. The molecular weight excluding hydrogens is 346 g/mol. The zero-order chi connectivity index (χ0) is 19.0. The smallest absolute Gasteiger partial charge is 0.329 e. The van der Waals surface area contributed by atoms with Crippen molar-refractivity contribution in [2.24, 2.45) is 0 Å². The number of benzene rings is 2. The fourth-order valence-corrected chi connectivity index (χ4v) is 3.31. The van der Waals surface area contributed by atoms with Crippen molar-refractivity contribution < 1.29 is 19.1 Å². The summed E-state index contributed by atoms with van der Waals surface area (Å²) in [6, 6.07) is 12.7. The quantitative estimate of drug-likeness (QED) is 0.522. The van der Waals surface area contributed by atoms with Gasteiger partial charge in [0.2, 0.25) is 0 Å². The van der Waals surface area contributed by atoms with Gasteiger partial charge in [0.25, 0.3) is 11.8 Å². The summed E-state index contributed by atoms with van der Waals surface area (Å²) in [5.41, 5.74) is 1.84. The fourth-order valence-electron chi connectivity index (χ4n) is 3.31. The molecule has 2 amide bonds. The molecule has 7 nitrogen and oxygen atoms in total. The summed E-state index contributed by atoms with van der Waals surface area (Å²) in [6.07, 6.45) is 1.44. The van der Waals surface area contributed by atoms with Crippen molar-refractivity contribution in [1.29, 1.82) is 0 Å². The van der Waals surface area contributed by atoms with E-state index in [9.17, 15) is 14.4 Å². The topological polar surface area (TPSA) is 89.5 Å². The van der Waals surface area contributed by atoms with E-state index in [0.717, 1.165) is 10.3 Å². The second kappa shape index (κ2) is 6.60. The molecule has 4 rings (SSSR count). The average Bonchev–Trinajstić information content (AvgIpc) is 2.96. The summed E-state index contributed by atoms with van der Waals surface area (Å²) in [5, 5.41) is 0.755. The number of esters is 1. The normalized spacial score (nSPS) is 14.3. The maximum atomic E-state index is 12.8. The molecule has 0 radical (unpaired) electrons. The van der Waals surface area contributed by atoms with Crippen LogP contribution in [0.25, 0.3) is 10.9 Å². The summed E-state index contributed by atoms with van der Waals surface area (Å²) in [4.78, 5) is 47.5. The first-order valence-electron chi connectivity index (χ1n) is 8.35. The van der Waals surface area contributed by atoms with Gasteiger partial charge in [0.15, 0.2) is 0 Å². The third-order valence-electron chi connectivity index (χ3n) is 4.62. The molecule has 134 valence electrons. The first-order valence-corrected chi connectivity index (χ1v) is 8.35. The molecule has 2 heterocycles. The Hall–Kier alpha value is -3.61. The minimum Gasteiger partial charge on any atom is -0.467 e. The minimum atomic E-state index is -1.11. The van der Waals surface area contributed by atoms with Gasteiger partial charge in [-0.25, -0.2) is 14.8 Å². The summed E-state index contributed by atoms with van der Waals surface area (Å²) in [5.74, 6) is -1.69. The number of carbonyl (C=O) groups is 3. The molecule has 0 saturated heterocycles. The zero-order valence-electron chi connectivity index (χ0n) is 14.5. The highest BCUT2D eigenvalue weighted by Gasteiger charge is 2.43. The lowest BCUT2D eigenvalue weighted by Gasteiger charge is -2.24. The highest BCUT2D eigenvalue weighted by Crippen LogP contribution is 2.27. The number of aromatic nitrogens is 2. The molecule has 0 spiro atoms. The van der Waals surface area contributed by atoms with Crippen LogP contribution in [0.4, 0.5) is 0 Å². The van der Waals surface area contributed by atoms with Gasteiger partial charge in [-0.2, -0.15) is 0 Å². The Morgan fingerprint density at radius 1 is 1.00 bits per heavy atom. The SMILES string of the molecule is COC(=O)[C@H](Cc1ncnc2ccccc12)N1C(=O)c2ccccc2C1=O. The Balaban J connectivity index is 1.76. The number of hydrogen-bond donors (Lipinski definition) is 0. The monoisotopic (exact) mass is 361 g/mol. The molecule has 1 aromatic heterocycles. The third-order valence-corrected chi connectivity index (χ3v) is 4.62. The fraction of sp³-hybridized carbons (Fsp3) is 0.150. The maximum Gasteiger partial charge on any atom is 0.329 e. The lowest BCUT2D eigenvalue weighted by molar-refractivity contribution is -0.145. The van der Waals surface area contributed by atoms with E-state index in [4.69, 9.17) is 4.74 Å². The molecule has 27 heavy (non-hydrogen) atoms. The average molecular weight is 361 g/mol. The zero-order valence-corrected chi connectivity index (χ0v) is 14.5. The number of nitrogens with zero attached hydrogens (tertiary/aromatic N) is 3. The van der Waals surface area contributed by atoms with Crippen molar-refractivity contribution in [2.45, 2.75) is 12.5 Å². The van der Waals surface area contributed by atoms with Crippen LogP contribution >= 0.6 is 0 Å². The van der Waals surface area contributed by atoms with Crippen molar-refractivity contribution in [3.8, 4) is 0 Å². The van der Waals surface area contributed by atoms with Gasteiger partial charge >= 0.3 is 5.97 Å². The highest BCUT2D eigenvalue weighted by atomic mass is 16.5. The van der Waals surface area contributed by atoms with E-state index in [0.29, 0.717) is 11.2 Å². The van der Waals surface area contributed by atoms with E-state index in [2.05, 4.69) is 9.97 Å². The predicted octanol–water partition coefficient (Wildman–Crippen LogP) is 2.01. The number of fused-ring (bicyclic) bond motifs is 2. The van der Waals surface area contributed by atoms with E-state index in [1.54, 1.807) is 24.3 Å². The van der Waals surface area contributed by atoms with Crippen molar-refractivity contribution >= 4 is 28.7 Å². The molecule has 0 saturated carbocycles. The first kappa shape index (κ1) is 16.8. The molecule has 0 aliphatic carbocycles. The summed E-state index contributed by atoms with van der Waals surface area (Å²) in [6.45, 7) is 0. The standard InChI is InChI=1S/C20H15N3O4/c1-27-20(26)17(10-16-14-8-4-5-9-15(14)21-11-22-16)23-18(24)12-6-2-3-7-13(12)19(23)25/h2-9,11,17H,10H2,1H3/t17-/m0/s1. The molecule has 7 heteroatoms. The Morgan fingerprint density at radius 2 is 1.63 bits per heavy atom. The Bertz CT molecular complexity index is 1040. The van der Waals surface area contributed by atoms with Crippen molar-refractivity contribution in [3.63, 3.8) is 0 Å². The van der Waals surface area contributed by atoms with Gasteiger partial charge in [-0.05, 0) is 18.2 Å². The Labute approximate surface area is 154 Å². The molecule has 0 N–H and O–H groups in total. The number of methoxy groups -OCH3 is 1. The van der Waals surface area contributed by atoms with Crippen LogP contribution in [0.3, 0.4) is 0 Å². The van der Waals surface area contributed by atoms with Gasteiger partial charge in [0.05, 0.1) is 29.4 Å².